The van der Waals surface area contributed by atoms with E-state index < -0.39 is 6.09 Å². The minimum absolute atomic E-state index is 0.210. The van der Waals surface area contributed by atoms with Crippen molar-refractivity contribution in [1.82, 2.24) is 0 Å². The van der Waals surface area contributed by atoms with Gasteiger partial charge in [-0.1, -0.05) is 59.2 Å². The van der Waals surface area contributed by atoms with Crippen molar-refractivity contribution in [3.63, 3.8) is 0 Å². The summed E-state index contributed by atoms with van der Waals surface area (Å²) >= 11 is 0. The van der Waals surface area contributed by atoms with E-state index in [2.05, 4.69) is 46.0 Å². The second-order valence-corrected chi connectivity index (χ2v) is 10.9. The molecule has 2 aliphatic rings. The first-order chi connectivity index (χ1) is 14.6. The van der Waals surface area contributed by atoms with Crippen molar-refractivity contribution >= 4 is 11.8 Å². The zero-order valence-corrected chi connectivity index (χ0v) is 20.0. The maximum Gasteiger partial charge on any atom is 0.417 e. The van der Waals surface area contributed by atoms with Crippen LogP contribution in [0, 0.1) is 18.3 Å². The lowest BCUT2D eigenvalue weighted by Gasteiger charge is -2.54. The van der Waals surface area contributed by atoms with E-state index in [1.165, 1.54) is 42.4 Å². The highest BCUT2D eigenvalue weighted by Crippen LogP contribution is 2.58. The van der Waals surface area contributed by atoms with Gasteiger partial charge in [-0.3, -0.25) is 5.32 Å². The minimum Gasteiger partial charge on any atom is -0.410 e. The number of aryl methyl sites for hydroxylation is 1. The second kappa shape index (κ2) is 8.00. The topological polar surface area (TPSA) is 38.3 Å². The summed E-state index contributed by atoms with van der Waals surface area (Å²) in [7, 11) is 0. The largest absolute Gasteiger partial charge is 0.417 e. The average molecular weight is 420 g/mol. The Morgan fingerprint density at radius 3 is 2.61 bits per heavy atom. The summed E-state index contributed by atoms with van der Waals surface area (Å²) in [5.74, 6) is 1.71. The number of benzene rings is 2. The van der Waals surface area contributed by atoms with Gasteiger partial charge in [-0.25, -0.2) is 4.79 Å². The van der Waals surface area contributed by atoms with Gasteiger partial charge in [0.15, 0.2) is 0 Å². The molecule has 1 fully saturated rings. The molecule has 1 amide bonds. The van der Waals surface area contributed by atoms with Crippen molar-refractivity contribution in [3.8, 4) is 5.75 Å². The van der Waals surface area contributed by atoms with Crippen LogP contribution < -0.4 is 10.1 Å². The van der Waals surface area contributed by atoms with Crippen molar-refractivity contribution in [2.24, 2.45) is 11.3 Å². The van der Waals surface area contributed by atoms with E-state index in [0.717, 1.165) is 17.7 Å². The lowest BCUT2D eigenvalue weighted by molar-refractivity contribution is 0.0404. The molecule has 1 N–H and O–H groups in total. The predicted octanol–water partition coefficient (Wildman–Crippen LogP) is 7.76. The zero-order valence-electron chi connectivity index (χ0n) is 20.0. The van der Waals surface area contributed by atoms with E-state index in [9.17, 15) is 4.79 Å². The number of ether oxygens (including phenoxy) is 1. The lowest BCUT2D eigenvalue weighted by Crippen LogP contribution is -2.48. The zero-order chi connectivity index (χ0) is 22.4. The molecule has 166 valence electrons. The summed E-state index contributed by atoms with van der Waals surface area (Å²) in [5.41, 5.74) is 6.58. The maximum absolute atomic E-state index is 12.7. The van der Waals surface area contributed by atoms with E-state index in [-0.39, 0.29) is 5.41 Å². The van der Waals surface area contributed by atoms with Crippen molar-refractivity contribution < 1.29 is 9.53 Å². The quantitative estimate of drug-likeness (QED) is 0.552. The molecule has 2 aromatic rings. The third-order valence-electron chi connectivity index (χ3n) is 7.89. The van der Waals surface area contributed by atoms with Crippen LogP contribution in [0.25, 0.3) is 0 Å². The molecular weight excluding hydrogens is 382 g/mol. The van der Waals surface area contributed by atoms with Gasteiger partial charge in [-0.05, 0) is 90.2 Å². The molecule has 31 heavy (non-hydrogen) atoms. The fourth-order valence-electron chi connectivity index (χ4n) is 6.58. The molecule has 3 heteroatoms. The van der Waals surface area contributed by atoms with Crippen molar-refractivity contribution in [2.45, 2.75) is 85.0 Å². The molecular formula is C28H37NO2. The Kier molecular flexibility index (Phi) is 5.66. The second-order valence-electron chi connectivity index (χ2n) is 10.9. The third-order valence-corrected chi connectivity index (χ3v) is 7.89. The van der Waals surface area contributed by atoms with Gasteiger partial charge in [0.25, 0.3) is 0 Å². The number of carbonyl (C=O) groups excluding carboxylic acids is 1. The highest BCUT2D eigenvalue weighted by Gasteiger charge is 2.50. The number of carbonyl (C=O) groups is 1. The van der Waals surface area contributed by atoms with Crippen LogP contribution in [0.2, 0.25) is 0 Å². The summed E-state index contributed by atoms with van der Waals surface area (Å²) in [4.78, 5) is 12.7. The Labute approximate surface area is 187 Å². The maximum atomic E-state index is 12.7. The summed E-state index contributed by atoms with van der Waals surface area (Å²) < 4.78 is 5.88. The Hall–Kier alpha value is -2.29. The van der Waals surface area contributed by atoms with Crippen LogP contribution >= 0.6 is 0 Å². The number of hydrogen-bond donors (Lipinski definition) is 1. The van der Waals surface area contributed by atoms with Gasteiger partial charge >= 0.3 is 6.09 Å². The molecule has 2 aliphatic carbocycles. The van der Waals surface area contributed by atoms with Gasteiger partial charge in [0.1, 0.15) is 5.75 Å². The van der Waals surface area contributed by atoms with Crippen LogP contribution in [0.1, 0.15) is 88.5 Å². The number of amides is 1. The predicted molar refractivity (Wildman–Crippen MR) is 128 cm³/mol. The van der Waals surface area contributed by atoms with Crippen molar-refractivity contribution in [2.75, 3.05) is 5.32 Å². The molecule has 1 saturated carbocycles. The molecule has 1 unspecified atom stereocenters. The van der Waals surface area contributed by atoms with Crippen LogP contribution in [0.15, 0.2) is 36.4 Å². The SMILES string of the molecule is Cc1cccc(NC(=O)Oc2ccc3c(c2C(C)C)CCC2C(C)(C)CCC[C@]32C)c1. The van der Waals surface area contributed by atoms with Crippen LogP contribution in [-0.4, -0.2) is 6.09 Å². The highest BCUT2D eigenvalue weighted by molar-refractivity contribution is 5.86. The molecule has 2 atom stereocenters. The summed E-state index contributed by atoms with van der Waals surface area (Å²) in [6.45, 7) is 13.8. The van der Waals surface area contributed by atoms with Crippen LogP contribution in [0.3, 0.4) is 0 Å². The molecule has 4 rings (SSSR count). The molecule has 0 saturated heterocycles. The van der Waals surface area contributed by atoms with Crippen molar-refractivity contribution in [1.29, 1.82) is 0 Å². The molecule has 0 aliphatic heterocycles. The number of fused-ring (bicyclic) bond motifs is 3. The first-order valence-corrected chi connectivity index (χ1v) is 11.8. The van der Waals surface area contributed by atoms with E-state index >= 15 is 0 Å². The summed E-state index contributed by atoms with van der Waals surface area (Å²) in [6.07, 6.45) is 5.72. The molecule has 0 heterocycles. The molecule has 0 radical (unpaired) electrons. The van der Waals surface area contributed by atoms with E-state index in [4.69, 9.17) is 4.74 Å². The van der Waals surface area contributed by atoms with Crippen LogP contribution in [-0.2, 0) is 11.8 Å². The summed E-state index contributed by atoms with van der Waals surface area (Å²) in [6, 6.07) is 12.1. The smallest absolute Gasteiger partial charge is 0.410 e. The Bertz CT molecular complexity index is 991. The van der Waals surface area contributed by atoms with Gasteiger partial charge in [-0.2, -0.15) is 0 Å². The summed E-state index contributed by atoms with van der Waals surface area (Å²) in [5, 5.41) is 2.88. The Balaban J connectivity index is 1.67. The van der Waals surface area contributed by atoms with E-state index in [1.54, 1.807) is 0 Å². The van der Waals surface area contributed by atoms with Crippen molar-refractivity contribution in [3.05, 3.63) is 58.7 Å². The lowest BCUT2D eigenvalue weighted by atomic mass is 9.50. The third kappa shape index (κ3) is 4.00. The highest BCUT2D eigenvalue weighted by atomic mass is 16.6. The van der Waals surface area contributed by atoms with Gasteiger partial charge in [0.05, 0.1) is 0 Å². The van der Waals surface area contributed by atoms with E-state index in [0.29, 0.717) is 23.0 Å². The molecule has 0 bridgehead atoms. The molecule has 2 aromatic carbocycles. The fraction of sp³-hybridized carbons (Fsp3) is 0.536. The Morgan fingerprint density at radius 1 is 1.13 bits per heavy atom. The first kappa shape index (κ1) is 21.9. The number of anilines is 1. The number of hydrogen-bond acceptors (Lipinski definition) is 2. The standard InChI is InChI=1S/C28H37NO2/c1-18(2)25-21-11-14-24-27(4,5)15-8-16-28(24,6)22(21)12-13-23(25)31-26(30)29-20-10-7-9-19(3)17-20/h7,9-10,12-13,17-18,24H,8,11,14-16H2,1-6H3,(H,29,30)/t24?,28-/m1/s1. The molecule has 0 spiro atoms. The van der Waals surface area contributed by atoms with Gasteiger partial charge in [-0.15, -0.1) is 0 Å². The molecule has 3 nitrogen and oxygen atoms in total. The average Bonchev–Trinajstić information content (AvgIpc) is 2.66. The van der Waals surface area contributed by atoms with Gasteiger partial charge < -0.3 is 4.74 Å². The normalized spacial score (nSPS) is 24.3. The van der Waals surface area contributed by atoms with E-state index in [1.807, 2.05) is 37.3 Å². The van der Waals surface area contributed by atoms with Crippen LogP contribution in [0.5, 0.6) is 5.75 Å². The number of rotatable bonds is 3. The first-order valence-electron chi connectivity index (χ1n) is 11.8. The minimum atomic E-state index is -0.425. The Morgan fingerprint density at radius 2 is 1.90 bits per heavy atom. The van der Waals surface area contributed by atoms with Gasteiger partial charge in [0.2, 0.25) is 0 Å². The number of nitrogens with one attached hydrogen (secondary N) is 1. The van der Waals surface area contributed by atoms with Gasteiger partial charge in [0, 0.05) is 11.3 Å². The molecule has 0 aromatic heterocycles. The monoisotopic (exact) mass is 419 g/mol. The fourth-order valence-corrected chi connectivity index (χ4v) is 6.58. The van der Waals surface area contributed by atoms with Crippen LogP contribution in [0.4, 0.5) is 10.5 Å².